The average Bonchev–Trinajstić information content (AvgIpc) is 2.71. The van der Waals surface area contributed by atoms with Crippen molar-refractivity contribution in [3.05, 3.63) is 40.3 Å². The van der Waals surface area contributed by atoms with Gasteiger partial charge in [0.15, 0.2) is 16.7 Å². The van der Waals surface area contributed by atoms with Gasteiger partial charge in [-0.25, -0.2) is 13.8 Å². The molecule has 0 aliphatic rings. The molecule has 1 aromatic carbocycles. The van der Waals surface area contributed by atoms with E-state index in [0.717, 1.165) is 18.3 Å². The molecule has 0 amide bonds. The fourth-order valence-electron chi connectivity index (χ4n) is 1.36. The van der Waals surface area contributed by atoms with Crippen LogP contribution in [0.5, 0.6) is 0 Å². The van der Waals surface area contributed by atoms with E-state index in [1.54, 1.807) is 6.92 Å². The predicted octanol–water partition coefficient (Wildman–Crippen LogP) is 2.56. The quantitative estimate of drug-likeness (QED) is 0.892. The number of aryl methyl sites for hydroxylation is 1. The van der Waals surface area contributed by atoms with Crippen molar-refractivity contribution in [2.24, 2.45) is 0 Å². The van der Waals surface area contributed by atoms with E-state index in [-0.39, 0.29) is 9.50 Å². The molecule has 1 heterocycles. The molecule has 9 heteroatoms. The minimum atomic E-state index is -4.11. The number of imidazole rings is 1. The van der Waals surface area contributed by atoms with Crippen molar-refractivity contribution in [1.82, 2.24) is 9.97 Å². The highest BCUT2D eigenvalue weighted by Gasteiger charge is 2.21. The summed E-state index contributed by atoms with van der Waals surface area (Å²) in [6.45, 7) is 1.56. The van der Waals surface area contributed by atoms with Crippen LogP contribution in [0.4, 0.5) is 14.5 Å². The second kappa shape index (κ2) is 4.89. The van der Waals surface area contributed by atoms with Gasteiger partial charge in [-0.1, -0.05) is 15.9 Å². The Balaban J connectivity index is 2.41. The summed E-state index contributed by atoms with van der Waals surface area (Å²) < 4.78 is 52.8. The highest BCUT2D eigenvalue weighted by molar-refractivity contribution is 9.10. The Labute approximate surface area is 116 Å². The van der Waals surface area contributed by atoms with Crippen molar-refractivity contribution in [2.75, 3.05) is 4.72 Å². The van der Waals surface area contributed by atoms with Crippen LogP contribution in [0.3, 0.4) is 0 Å². The molecule has 0 atom stereocenters. The van der Waals surface area contributed by atoms with Crippen LogP contribution < -0.4 is 4.72 Å². The number of nitrogens with zero attached hydrogens (tertiary/aromatic N) is 1. The summed E-state index contributed by atoms with van der Waals surface area (Å²) in [5.74, 6) is -1.67. The normalized spacial score (nSPS) is 11.6. The molecular formula is C10H8BrF2N3O2S. The van der Waals surface area contributed by atoms with Crippen LogP contribution in [-0.4, -0.2) is 18.4 Å². The first-order chi connectivity index (χ1) is 8.79. The second-order valence-electron chi connectivity index (χ2n) is 3.68. The van der Waals surface area contributed by atoms with Gasteiger partial charge in [-0.05, 0) is 19.1 Å². The monoisotopic (exact) mass is 351 g/mol. The molecule has 2 aromatic rings. The van der Waals surface area contributed by atoms with Gasteiger partial charge in [0.1, 0.15) is 11.5 Å². The Kier molecular flexibility index (Phi) is 3.59. The van der Waals surface area contributed by atoms with Crippen molar-refractivity contribution in [3.63, 3.8) is 0 Å². The van der Waals surface area contributed by atoms with Gasteiger partial charge in [0.25, 0.3) is 10.0 Å². The van der Waals surface area contributed by atoms with E-state index in [1.807, 2.05) is 4.72 Å². The third kappa shape index (κ3) is 2.92. The third-order valence-corrected chi connectivity index (χ3v) is 3.93. The minimum Gasteiger partial charge on any atom is -0.332 e. The van der Waals surface area contributed by atoms with Gasteiger partial charge in [-0.2, -0.15) is 8.42 Å². The molecule has 0 aliphatic carbocycles. The maximum atomic E-state index is 13.5. The zero-order chi connectivity index (χ0) is 14.2. The van der Waals surface area contributed by atoms with Crippen molar-refractivity contribution < 1.29 is 17.2 Å². The van der Waals surface area contributed by atoms with Gasteiger partial charge in [0, 0.05) is 4.47 Å². The van der Waals surface area contributed by atoms with E-state index in [0.29, 0.717) is 5.82 Å². The smallest absolute Gasteiger partial charge is 0.279 e. The van der Waals surface area contributed by atoms with Gasteiger partial charge in [0.05, 0.1) is 6.20 Å². The molecule has 0 spiro atoms. The highest BCUT2D eigenvalue weighted by Crippen LogP contribution is 2.25. The number of hydrogen-bond donors (Lipinski definition) is 2. The maximum absolute atomic E-state index is 13.5. The Morgan fingerprint density at radius 1 is 1.32 bits per heavy atom. The molecule has 2 rings (SSSR count). The van der Waals surface area contributed by atoms with Crippen LogP contribution in [-0.2, 0) is 10.0 Å². The molecule has 0 bridgehead atoms. The molecule has 102 valence electrons. The number of aromatic amines is 1. The Hall–Kier alpha value is -1.48. The molecule has 0 fully saturated rings. The van der Waals surface area contributed by atoms with Crippen LogP contribution in [0.15, 0.2) is 27.8 Å². The minimum absolute atomic E-state index is 0.169. The molecule has 19 heavy (non-hydrogen) atoms. The molecule has 5 nitrogen and oxygen atoms in total. The molecule has 2 N–H and O–H groups in total. The molecule has 0 saturated carbocycles. The zero-order valence-corrected chi connectivity index (χ0v) is 11.9. The van der Waals surface area contributed by atoms with E-state index >= 15 is 0 Å². The van der Waals surface area contributed by atoms with Crippen LogP contribution in [0, 0.1) is 18.6 Å². The molecule has 0 saturated heterocycles. The van der Waals surface area contributed by atoms with Gasteiger partial charge in [-0.3, -0.25) is 4.72 Å². The largest absolute Gasteiger partial charge is 0.332 e. The van der Waals surface area contributed by atoms with Crippen molar-refractivity contribution in [3.8, 4) is 0 Å². The van der Waals surface area contributed by atoms with Gasteiger partial charge < -0.3 is 4.98 Å². The lowest BCUT2D eigenvalue weighted by molar-refractivity contribution is 0.580. The van der Waals surface area contributed by atoms with Crippen LogP contribution in [0.2, 0.25) is 0 Å². The summed E-state index contributed by atoms with van der Waals surface area (Å²) in [6.07, 6.45) is 1.06. The van der Waals surface area contributed by atoms with E-state index in [9.17, 15) is 17.2 Å². The molecule has 0 radical (unpaired) electrons. The Morgan fingerprint density at radius 2 is 1.89 bits per heavy atom. The summed E-state index contributed by atoms with van der Waals surface area (Å²) in [5.41, 5.74) is -0.740. The standard InChI is InChI=1S/C10H8BrF2N3O2S/c1-5-14-4-9(15-5)19(17,18)16-10-7(12)2-6(11)3-8(10)13/h2-4,16H,1H3,(H,14,15). The Morgan fingerprint density at radius 3 is 2.37 bits per heavy atom. The lowest BCUT2D eigenvalue weighted by atomic mass is 10.3. The fraction of sp³-hybridized carbons (Fsp3) is 0.100. The van der Waals surface area contributed by atoms with Gasteiger partial charge in [0.2, 0.25) is 0 Å². The number of hydrogen-bond acceptors (Lipinski definition) is 3. The van der Waals surface area contributed by atoms with Crippen molar-refractivity contribution in [2.45, 2.75) is 11.9 Å². The lowest BCUT2D eigenvalue weighted by Crippen LogP contribution is -2.15. The topological polar surface area (TPSA) is 74.8 Å². The zero-order valence-electron chi connectivity index (χ0n) is 9.54. The summed E-state index contributed by atoms with van der Waals surface area (Å²) in [5, 5.41) is -0.272. The molecule has 0 unspecified atom stereocenters. The second-order valence-corrected chi connectivity index (χ2v) is 6.25. The number of H-pyrrole nitrogens is 1. The van der Waals surface area contributed by atoms with Gasteiger partial charge >= 0.3 is 0 Å². The first-order valence-corrected chi connectivity index (χ1v) is 7.26. The number of rotatable bonds is 3. The summed E-state index contributed by atoms with van der Waals surface area (Å²) in [6, 6.07) is 1.91. The number of nitrogens with one attached hydrogen (secondary N) is 2. The van der Waals surface area contributed by atoms with Crippen LogP contribution in [0.25, 0.3) is 0 Å². The van der Waals surface area contributed by atoms with Crippen LogP contribution in [0.1, 0.15) is 5.82 Å². The van der Waals surface area contributed by atoms with Gasteiger partial charge in [-0.15, -0.1) is 0 Å². The number of benzene rings is 1. The fourth-order valence-corrected chi connectivity index (χ4v) is 2.81. The SMILES string of the molecule is Cc1ncc(S(=O)(=O)Nc2c(F)cc(Br)cc2F)[nH]1. The first-order valence-electron chi connectivity index (χ1n) is 4.98. The van der Waals surface area contributed by atoms with E-state index in [4.69, 9.17) is 0 Å². The van der Waals surface area contributed by atoms with Crippen molar-refractivity contribution >= 4 is 31.6 Å². The highest BCUT2D eigenvalue weighted by atomic mass is 79.9. The summed E-state index contributed by atoms with van der Waals surface area (Å²) >= 11 is 2.90. The van der Waals surface area contributed by atoms with Crippen molar-refractivity contribution in [1.29, 1.82) is 0 Å². The first kappa shape index (κ1) is 13.9. The summed E-state index contributed by atoms with van der Waals surface area (Å²) in [4.78, 5) is 6.18. The van der Waals surface area contributed by atoms with E-state index < -0.39 is 27.3 Å². The maximum Gasteiger partial charge on any atom is 0.279 e. The number of halogens is 3. The molecule has 0 aliphatic heterocycles. The molecular weight excluding hydrogens is 344 g/mol. The summed E-state index contributed by atoms with van der Waals surface area (Å²) in [7, 11) is -4.11. The Bertz CT molecular complexity index is 707. The van der Waals surface area contributed by atoms with E-state index in [2.05, 4.69) is 25.9 Å². The van der Waals surface area contributed by atoms with Crippen LogP contribution >= 0.6 is 15.9 Å². The lowest BCUT2D eigenvalue weighted by Gasteiger charge is -2.08. The third-order valence-electron chi connectivity index (χ3n) is 2.21. The number of sulfonamides is 1. The number of aromatic nitrogens is 2. The predicted molar refractivity (Wildman–Crippen MR) is 68.2 cm³/mol. The average molecular weight is 352 g/mol. The van der Waals surface area contributed by atoms with E-state index in [1.165, 1.54) is 0 Å². The molecule has 1 aromatic heterocycles. The number of anilines is 1.